The first kappa shape index (κ1) is 11.2. The zero-order valence-corrected chi connectivity index (χ0v) is 10.2. The van der Waals surface area contributed by atoms with E-state index in [4.69, 9.17) is 4.18 Å². The van der Waals surface area contributed by atoms with Gasteiger partial charge in [-0.15, -0.1) is 0 Å². The van der Waals surface area contributed by atoms with E-state index in [2.05, 4.69) is 4.99 Å². The number of thioether (sulfide) groups is 1. The van der Waals surface area contributed by atoms with Crippen LogP contribution in [0, 0.1) is 0 Å². The molecule has 5 nitrogen and oxygen atoms in total. The molecular formula is C8H14N2O3S2. The number of rotatable bonds is 2. The standard InChI is InChI=1S/C8H14N2O3S2/c1-15(11,12)13-7-6-14-8-9-4-2-3-5-10(7)8/h7H,2-6H2,1H3. The van der Waals surface area contributed by atoms with Crippen molar-refractivity contribution < 1.29 is 12.6 Å². The number of hydrogen-bond acceptors (Lipinski definition) is 6. The predicted octanol–water partition coefficient (Wildman–Crippen LogP) is 0.487. The molecule has 1 saturated heterocycles. The van der Waals surface area contributed by atoms with Gasteiger partial charge < -0.3 is 4.90 Å². The summed E-state index contributed by atoms with van der Waals surface area (Å²) in [5.74, 6) is 0.645. The molecule has 0 aliphatic carbocycles. The van der Waals surface area contributed by atoms with E-state index >= 15 is 0 Å². The number of hydrogen-bond donors (Lipinski definition) is 0. The van der Waals surface area contributed by atoms with Crippen LogP contribution < -0.4 is 0 Å². The van der Waals surface area contributed by atoms with Crippen LogP contribution in [0.2, 0.25) is 0 Å². The minimum atomic E-state index is -3.38. The zero-order chi connectivity index (χ0) is 10.9. The van der Waals surface area contributed by atoms with E-state index in [1.807, 2.05) is 4.90 Å². The molecule has 0 radical (unpaired) electrons. The van der Waals surface area contributed by atoms with E-state index in [1.165, 1.54) is 0 Å². The van der Waals surface area contributed by atoms with Crippen molar-refractivity contribution >= 4 is 27.0 Å². The first-order valence-electron chi connectivity index (χ1n) is 4.88. The van der Waals surface area contributed by atoms with Crippen molar-refractivity contribution in [3.05, 3.63) is 0 Å². The van der Waals surface area contributed by atoms with Crippen molar-refractivity contribution in [1.82, 2.24) is 4.90 Å². The first-order valence-corrected chi connectivity index (χ1v) is 7.68. The van der Waals surface area contributed by atoms with Gasteiger partial charge in [-0.1, -0.05) is 11.8 Å². The lowest BCUT2D eigenvalue weighted by Crippen LogP contribution is -2.37. The molecule has 2 rings (SSSR count). The van der Waals surface area contributed by atoms with E-state index < -0.39 is 10.1 Å². The molecule has 0 aromatic rings. The highest BCUT2D eigenvalue weighted by atomic mass is 32.2. The molecule has 2 aliphatic rings. The number of fused-ring (bicyclic) bond motifs is 1. The third-order valence-electron chi connectivity index (χ3n) is 2.29. The van der Waals surface area contributed by atoms with E-state index in [-0.39, 0.29) is 6.23 Å². The Morgan fingerprint density at radius 1 is 1.53 bits per heavy atom. The van der Waals surface area contributed by atoms with Crippen LogP contribution in [0.3, 0.4) is 0 Å². The normalized spacial score (nSPS) is 27.1. The van der Waals surface area contributed by atoms with Crippen LogP contribution in [-0.2, 0) is 14.3 Å². The maximum absolute atomic E-state index is 11.0. The van der Waals surface area contributed by atoms with Crippen LogP contribution in [-0.4, -0.2) is 49.8 Å². The van der Waals surface area contributed by atoms with Crippen molar-refractivity contribution in [2.45, 2.75) is 19.1 Å². The molecule has 1 atom stereocenters. The highest BCUT2D eigenvalue weighted by Crippen LogP contribution is 2.27. The van der Waals surface area contributed by atoms with Gasteiger partial charge in [0.15, 0.2) is 11.4 Å². The van der Waals surface area contributed by atoms with E-state index in [0.717, 1.165) is 37.4 Å². The Kier molecular flexibility index (Phi) is 3.22. The summed E-state index contributed by atoms with van der Waals surface area (Å²) in [6.45, 7) is 1.68. The Balaban J connectivity index is 2.09. The van der Waals surface area contributed by atoms with Crippen LogP contribution in [0.4, 0.5) is 0 Å². The summed E-state index contributed by atoms with van der Waals surface area (Å²) < 4.78 is 27.1. The molecule has 0 N–H and O–H groups in total. The van der Waals surface area contributed by atoms with Crippen molar-refractivity contribution in [2.24, 2.45) is 4.99 Å². The highest BCUT2D eigenvalue weighted by molar-refractivity contribution is 8.14. The second-order valence-corrected chi connectivity index (χ2v) is 6.22. The fourth-order valence-corrected chi connectivity index (χ4v) is 3.43. The highest BCUT2D eigenvalue weighted by Gasteiger charge is 2.33. The molecule has 2 aliphatic heterocycles. The van der Waals surface area contributed by atoms with Crippen molar-refractivity contribution in [3.63, 3.8) is 0 Å². The Bertz CT molecular complexity index is 366. The van der Waals surface area contributed by atoms with Crippen LogP contribution >= 0.6 is 11.8 Å². The Morgan fingerprint density at radius 2 is 2.33 bits per heavy atom. The summed E-state index contributed by atoms with van der Waals surface area (Å²) >= 11 is 1.57. The molecular weight excluding hydrogens is 236 g/mol. The summed E-state index contributed by atoms with van der Waals surface area (Å²) in [5, 5.41) is 0.932. The molecule has 0 amide bonds. The monoisotopic (exact) mass is 250 g/mol. The molecule has 1 fully saturated rings. The minimum Gasteiger partial charge on any atom is -0.324 e. The molecule has 1 unspecified atom stereocenters. The quantitative estimate of drug-likeness (QED) is 0.667. The van der Waals surface area contributed by atoms with E-state index in [9.17, 15) is 8.42 Å². The lowest BCUT2D eigenvalue weighted by atomic mass is 10.3. The number of amidine groups is 1. The SMILES string of the molecule is CS(=O)(=O)OC1CSC2=NCCCCN21. The van der Waals surface area contributed by atoms with Crippen molar-refractivity contribution in [2.75, 3.05) is 25.1 Å². The summed E-state index contributed by atoms with van der Waals surface area (Å²) in [6.07, 6.45) is 2.83. The second-order valence-electron chi connectivity index (χ2n) is 3.63. The molecule has 0 bridgehead atoms. The fraction of sp³-hybridized carbons (Fsp3) is 0.875. The summed E-state index contributed by atoms with van der Waals surface area (Å²) in [7, 11) is -3.38. The molecule has 86 valence electrons. The van der Waals surface area contributed by atoms with Gasteiger partial charge in [0.25, 0.3) is 10.1 Å². The van der Waals surface area contributed by atoms with Crippen LogP contribution in [0.25, 0.3) is 0 Å². The minimum absolute atomic E-state index is 0.359. The summed E-state index contributed by atoms with van der Waals surface area (Å²) in [5.41, 5.74) is 0. The summed E-state index contributed by atoms with van der Waals surface area (Å²) in [4.78, 5) is 6.35. The summed E-state index contributed by atoms with van der Waals surface area (Å²) in [6, 6.07) is 0. The average molecular weight is 250 g/mol. The van der Waals surface area contributed by atoms with Gasteiger partial charge in [0, 0.05) is 18.8 Å². The molecule has 0 aromatic carbocycles. The maximum Gasteiger partial charge on any atom is 0.266 e. The molecule has 2 heterocycles. The molecule has 0 aromatic heterocycles. The number of aliphatic imine (C=N–C) groups is 1. The smallest absolute Gasteiger partial charge is 0.266 e. The molecule has 0 saturated carbocycles. The molecule has 7 heteroatoms. The maximum atomic E-state index is 11.0. The number of nitrogens with zero attached hydrogens (tertiary/aromatic N) is 2. The van der Waals surface area contributed by atoms with Crippen LogP contribution in [0.15, 0.2) is 4.99 Å². The van der Waals surface area contributed by atoms with Crippen molar-refractivity contribution in [1.29, 1.82) is 0 Å². The predicted molar refractivity (Wildman–Crippen MR) is 60.4 cm³/mol. The van der Waals surface area contributed by atoms with Crippen molar-refractivity contribution in [3.8, 4) is 0 Å². The molecule has 15 heavy (non-hydrogen) atoms. The van der Waals surface area contributed by atoms with Gasteiger partial charge in [0.2, 0.25) is 0 Å². The van der Waals surface area contributed by atoms with E-state index in [0.29, 0.717) is 5.75 Å². The Morgan fingerprint density at radius 3 is 3.07 bits per heavy atom. The van der Waals surface area contributed by atoms with Gasteiger partial charge in [-0.3, -0.25) is 4.99 Å². The van der Waals surface area contributed by atoms with Gasteiger partial charge >= 0.3 is 0 Å². The van der Waals surface area contributed by atoms with Crippen LogP contribution in [0.1, 0.15) is 12.8 Å². The average Bonchev–Trinajstić information content (AvgIpc) is 2.35. The van der Waals surface area contributed by atoms with Gasteiger partial charge in [-0.05, 0) is 12.8 Å². The zero-order valence-electron chi connectivity index (χ0n) is 8.55. The van der Waals surface area contributed by atoms with Gasteiger partial charge in [-0.25, -0.2) is 4.18 Å². The van der Waals surface area contributed by atoms with Gasteiger partial charge in [0.1, 0.15) is 0 Å². The third-order valence-corrected chi connectivity index (χ3v) is 3.93. The topological polar surface area (TPSA) is 59.0 Å². The van der Waals surface area contributed by atoms with Gasteiger partial charge in [0.05, 0.1) is 6.26 Å². The van der Waals surface area contributed by atoms with Crippen LogP contribution in [0.5, 0.6) is 0 Å². The van der Waals surface area contributed by atoms with E-state index in [1.54, 1.807) is 11.8 Å². The first-order chi connectivity index (χ1) is 7.06. The fourth-order valence-electron chi connectivity index (χ4n) is 1.67. The largest absolute Gasteiger partial charge is 0.324 e. The lowest BCUT2D eigenvalue weighted by molar-refractivity contribution is 0.115. The molecule has 0 spiro atoms. The Hall–Kier alpha value is -0.270. The second kappa shape index (κ2) is 4.31. The lowest BCUT2D eigenvalue weighted by Gasteiger charge is -2.23. The third kappa shape index (κ3) is 2.85. The Labute approximate surface area is 94.0 Å². The van der Waals surface area contributed by atoms with Gasteiger partial charge in [-0.2, -0.15) is 8.42 Å².